The van der Waals surface area contributed by atoms with Gasteiger partial charge >= 0.3 is 0 Å². The third kappa shape index (κ3) is 4.84. The number of nitrogens with one attached hydrogen (secondary N) is 1. The summed E-state index contributed by atoms with van der Waals surface area (Å²) in [5.41, 5.74) is 6.35. The highest BCUT2D eigenvalue weighted by molar-refractivity contribution is 6.39. The van der Waals surface area contributed by atoms with Gasteiger partial charge in [-0.1, -0.05) is 49.0 Å². The molecule has 94 valence electrons. The molecule has 0 radical (unpaired) electrons. The van der Waals surface area contributed by atoms with E-state index in [9.17, 15) is 0 Å². The van der Waals surface area contributed by atoms with E-state index in [0.29, 0.717) is 21.7 Å². The van der Waals surface area contributed by atoms with E-state index in [1.165, 1.54) is 6.42 Å². The SMILES string of the molecule is CCCCCN=C(N)Nc1c(Cl)cccc1Cl. The zero-order valence-corrected chi connectivity index (χ0v) is 11.4. The number of hydrogen-bond donors (Lipinski definition) is 2. The third-order valence-corrected chi connectivity index (χ3v) is 2.89. The highest BCUT2D eigenvalue weighted by Crippen LogP contribution is 2.29. The molecule has 3 nitrogen and oxygen atoms in total. The first kappa shape index (κ1) is 14.1. The van der Waals surface area contributed by atoms with Crippen molar-refractivity contribution in [3.05, 3.63) is 28.2 Å². The molecule has 1 rings (SSSR count). The summed E-state index contributed by atoms with van der Waals surface area (Å²) < 4.78 is 0. The summed E-state index contributed by atoms with van der Waals surface area (Å²) in [6.07, 6.45) is 3.36. The van der Waals surface area contributed by atoms with Gasteiger partial charge in [-0.15, -0.1) is 0 Å². The monoisotopic (exact) mass is 273 g/mol. The Kier molecular flexibility index (Phi) is 6.16. The Morgan fingerprint density at radius 2 is 1.94 bits per heavy atom. The smallest absolute Gasteiger partial charge is 0.193 e. The largest absolute Gasteiger partial charge is 0.370 e. The first-order chi connectivity index (χ1) is 8.15. The topological polar surface area (TPSA) is 50.4 Å². The summed E-state index contributed by atoms with van der Waals surface area (Å²) in [4.78, 5) is 4.21. The molecule has 0 amide bonds. The van der Waals surface area contributed by atoms with Gasteiger partial charge in [0.25, 0.3) is 0 Å². The van der Waals surface area contributed by atoms with E-state index in [1.54, 1.807) is 18.2 Å². The van der Waals surface area contributed by atoms with Crippen molar-refractivity contribution in [1.82, 2.24) is 0 Å². The average Bonchev–Trinajstić information content (AvgIpc) is 2.30. The lowest BCUT2D eigenvalue weighted by molar-refractivity contribution is 0.727. The normalized spacial score (nSPS) is 11.6. The van der Waals surface area contributed by atoms with Crippen LogP contribution in [0.15, 0.2) is 23.2 Å². The summed E-state index contributed by atoms with van der Waals surface area (Å²) >= 11 is 12.0. The van der Waals surface area contributed by atoms with E-state index in [1.807, 2.05) is 0 Å². The molecule has 0 heterocycles. The zero-order valence-electron chi connectivity index (χ0n) is 9.84. The summed E-state index contributed by atoms with van der Waals surface area (Å²) in [5.74, 6) is 0.344. The molecule has 1 aromatic carbocycles. The Hall–Kier alpha value is -0.930. The molecular formula is C12H17Cl2N3. The van der Waals surface area contributed by atoms with E-state index >= 15 is 0 Å². The van der Waals surface area contributed by atoms with E-state index in [0.717, 1.165) is 19.4 Å². The van der Waals surface area contributed by atoms with Gasteiger partial charge in [0.2, 0.25) is 0 Å². The van der Waals surface area contributed by atoms with Gasteiger partial charge in [-0.25, -0.2) is 0 Å². The van der Waals surface area contributed by atoms with Gasteiger partial charge in [0.05, 0.1) is 15.7 Å². The molecule has 0 unspecified atom stereocenters. The van der Waals surface area contributed by atoms with Crippen molar-refractivity contribution in [1.29, 1.82) is 0 Å². The van der Waals surface area contributed by atoms with Gasteiger partial charge in [-0.05, 0) is 18.6 Å². The lowest BCUT2D eigenvalue weighted by Gasteiger charge is -2.09. The fourth-order valence-electron chi connectivity index (χ4n) is 1.35. The number of nitrogens with zero attached hydrogens (tertiary/aromatic N) is 1. The summed E-state index contributed by atoms with van der Waals surface area (Å²) in [6.45, 7) is 2.86. The van der Waals surface area contributed by atoms with E-state index < -0.39 is 0 Å². The second-order valence-corrected chi connectivity index (χ2v) is 4.51. The van der Waals surface area contributed by atoms with Crippen molar-refractivity contribution >= 4 is 34.8 Å². The number of hydrogen-bond acceptors (Lipinski definition) is 1. The van der Waals surface area contributed by atoms with Crippen LogP contribution in [0.25, 0.3) is 0 Å². The fraction of sp³-hybridized carbons (Fsp3) is 0.417. The van der Waals surface area contributed by atoms with Crippen molar-refractivity contribution < 1.29 is 0 Å². The van der Waals surface area contributed by atoms with Crippen LogP contribution in [-0.2, 0) is 0 Å². The maximum absolute atomic E-state index is 6.00. The second-order valence-electron chi connectivity index (χ2n) is 3.70. The highest BCUT2D eigenvalue weighted by atomic mass is 35.5. The van der Waals surface area contributed by atoms with Gasteiger partial charge < -0.3 is 11.1 Å². The van der Waals surface area contributed by atoms with Crippen LogP contribution in [0, 0.1) is 0 Å². The molecule has 0 saturated carbocycles. The first-order valence-electron chi connectivity index (χ1n) is 5.66. The van der Waals surface area contributed by atoms with Gasteiger partial charge in [0, 0.05) is 6.54 Å². The van der Waals surface area contributed by atoms with Crippen molar-refractivity contribution in [3.63, 3.8) is 0 Å². The second kappa shape index (κ2) is 7.41. The predicted octanol–water partition coefficient (Wildman–Crippen LogP) is 3.91. The summed E-state index contributed by atoms with van der Waals surface area (Å²) in [6, 6.07) is 5.28. The minimum absolute atomic E-state index is 0.344. The Balaban J connectivity index is 2.58. The third-order valence-electron chi connectivity index (χ3n) is 2.26. The highest BCUT2D eigenvalue weighted by Gasteiger charge is 2.05. The minimum Gasteiger partial charge on any atom is -0.370 e. The molecule has 0 saturated heterocycles. The summed E-state index contributed by atoms with van der Waals surface area (Å²) in [5, 5.41) is 3.98. The van der Waals surface area contributed by atoms with Gasteiger partial charge in [-0.3, -0.25) is 4.99 Å². The van der Waals surface area contributed by atoms with Crippen molar-refractivity contribution in [2.24, 2.45) is 10.7 Å². The number of unbranched alkanes of at least 4 members (excludes halogenated alkanes) is 2. The van der Waals surface area contributed by atoms with Crippen LogP contribution in [0.5, 0.6) is 0 Å². The maximum atomic E-state index is 6.00. The number of anilines is 1. The van der Waals surface area contributed by atoms with Crippen LogP contribution < -0.4 is 11.1 Å². The van der Waals surface area contributed by atoms with Crippen LogP contribution in [0.4, 0.5) is 5.69 Å². The molecule has 0 aliphatic rings. The Morgan fingerprint density at radius 3 is 2.53 bits per heavy atom. The molecule has 0 bridgehead atoms. The number of nitrogens with two attached hydrogens (primary N) is 1. The molecule has 0 aliphatic carbocycles. The number of para-hydroxylation sites is 1. The average molecular weight is 274 g/mol. The summed E-state index contributed by atoms with van der Waals surface area (Å²) in [7, 11) is 0. The maximum Gasteiger partial charge on any atom is 0.193 e. The van der Waals surface area contributed by atoms with E-state index in [2.05, 4.69) is 17.2 Å². The minimum atomic E-state index is 0.344. The Labute approximate surface area is 112 Å². The molecule has 0 aromatic heterocycles. The number of rotatable bonds is 5. The fourth-order valence-corrected chi connectivity index (χ4v) is 1.84. The van der Waals surface area contributed by atoms with Crippen LogP contribution in [0.3, 0.4) is 0 Å². The number of halogens is 2. The molecule has 1 aromatic rings. The first-order valence-corrected chi connectivity index (χ1v) is 6.41. The molecule has 3 N–H and O–H groups in total. The molecule has 0 atom stereocenters. The lowest BCUT2D eigenvalue weighted by Crippen LogP contribution is -2.23. The van der Waals surface area contributed by atoms with Gasteiger partial charge in [0.1, 0.15) is 0 Å². The molecule has 0 fully saturated rings. The van der Waals surface area contributed by atoms with Crippen LogP contribution >= 0.6 is 23.2 Å². The van der Waals surface area contributed by atoms with Crippen molar-refractivity contribution in [2.45, 2.75) is 26.2 Å². The quantitative estimate of drug-likeness (QED) is 0.486. The van der Waals surface area contributed by atoms with E-state index in [4.69, 9.17) is 28.9 Å². The number of guanidine groups is 1. The number of aliphatic imine (C=N–C) groups is 1. The van der Waals surface area contributed by atoms with E-state index in [-0.39, 0.29) is 0 Å². The predicted molar refractivity (Wildman–Crippen MR) is 76.1 cm³/mol. The van der Waals surface area contributed by atoms with Crippen molar-refractivity contribution in [2.75, 3.05) is 11.9 Å². The van der Waals surface area contributed by atoms with Crippen molar-refractivity contribution in [3.8, 4) is 0 Å². The zero-order chi connectivity index (χ0) is 12.7. The number of benzene rings is 1. The molecule has 5 heteroatoms. The lowest BCUT2D eigenvalue weighted by atomic mass is 10.2. The van der Waals surface area contributed by atoms with Crippen LogP contribution in [0.1, 0.15) is 26.2 Å². The van der Waals surface area contributed by atoms with Crippen LogP contribution in [0.2, 0.25) is 10.0 Å². The standard InChI is InChI=1S/C12H17Cl2N3/c1-2-3-4-8-16-12(15)17-11-9(13)6-5-7-10(11)14/h5-7H,2-4,8H2,1H3,(H3,15,16,17). The molecule has 0 spiro atoms. The molecule has 0 aliphatic heterocycles. The molecule has 17 heavy (non-hydrogen) atoms. The Morgan fingerprint density at radius 1 is 1.29 bits per heavy atom. The Bertz CT molecular complexity index is 371. The van der Waals surface area contributed by atoms with Gasteiger partial charge in [0.15, 0.2) is 5.96 Å². The van der Waals surface area contributed by atoms with Crippen LogP contribution in [-0.4, -0.2) is 12.5 Å². The van der Waals surface area contributed by atoms with Gasteiger partial charge in [-0.2, -0.15) is 0 Å². The molecular weight excluding hydrogens is 257 g/mol.